The normalized spacial score (nSPS) is 17.9. The number of nitrogens with zero attached hydrogens (tertiary/aromatic N) is 1. The molecule has 1 aliphatic rings. The average Bonchev–Trinajstić information content (AvgIpc) is 3.35. The van der Waals surface area contributed by atoms with Gasteiger partial charge in [0.25, 0.3) is 11.7 Å². The fourth-order valence-electron chi connectivity index (χ4n) is 3.61. The lowest BCUT2D eigenvalue weighted by molar-refractivity contribution is -0.140. The molecule has 3 aromatic rings. The number of ketones is 1. The minimum Gasteiger partial charge on any atom is -0.507 e. The molecule has 4 rings (SSSR count). The number of benzene rings is 2. The molecule has 2 aromatic carbocycles. The molecule has 1 N–H and O–H groups in total. The van der Waals surface area contributed by atoms with Crippen molar-refractivity contribution in [1.29, 1.82) is 0 Å². The largest absolute Gasteiger partial charge is 0.507 e. The first-order valence-electron chi connectivity index (χ1n) is 9.31. The number of methoxy groups -OCH3 is 1. The van der Waals surface area contributed by atoms with Crippen LogP contribution < -0.4 is 4.74 Å². The Morgan fingerprint density at radius 1 is 1.19 bits per heavy atom. The second-order valence-electron chi connectivity index (χ2n) is 6.91. The van der Waals surface area contributed by atoms with Crippen molar-refractivity contribution in [2.45, 2.75) is 12.6 Å². The van der Waals surface area contributed by atoms with Gasteiger partial charge >= 0.3 is 0 Å². The molecule has 0 spiro atoms. The van der Waals surface area contributed by atoms with Gasteiger partial charge in [-0.2, -0.15) is 0 Å². The highest BCUT2D eigenvalue weighted by molar-refractivity contribution is 9.10. The molecule has 0 aliphatic carbocycles. The third-order valence-corrected chi connectivity index (χ3v) is 5.53. The summed E-state index contributed by atoms with van der Waals surface area (Å²) >= 11 is 3.40. The number of halogens is 2. The summed E-state index contributed by atoms with van der Waals surface area (Å²) in [5.74, 6) is -2.32. The first-order chi connectivity index (χ1) is 14.9. The van der Waals surface area contributed by atoms with Gasteiger partial charge in [0.05, 0.1) is 31.5 Å². The van der Waals surface area contributed by atoms with Crippen LogP contribution in [0.3, 0.4) is 0 Å². The Kier molecular flexibility index (Phi) is 5.65. The molecule has 0 radical (unpaired) electrons. The Bertz CT molecular complexity index is 1190. The van der Waals surface area contributed by atoms with E-state index in [1.807, 2.05) is 0 Å². The summed E-state index contributed by atoms with van der Waals surface area (Å²) in [6, 6.07) is 13.4. The van der Waals surface area contributed by atoms with E-state index < -0.39 is 29.3 Å². The number of furan rings is 1. The van der Waals surface area contributed by atoms with Gasteiger partial charge in [0.2, 0.25) is 0 Å². The molecule has 2 heterocycles. The first kappa shape index (κ1) is 20.9. The topological polar surface area (TPSA) is 80.0 Å². The number of hydrogen-bond donors (Lipinski definition) is 1. The standard InChI is InChI=1S/C23H17BrFNO5/c1-30-18-8-7-14(11-17(18)25)21(27)19-20(13-4-2-5-15(24)10-13)26(23(29)22(19)28)12-16-6-3-9-31-16/h2-11,20,27H,12H2,1H3/b21-19+. The number of carbonyl (C=O) groups is 2. The summed E-state index contributed by atoms with van der Waals surface area (Å²) in [4.78, 5) is 27.2. The van der Waals surface area contributed by atoms with Crippen molar-refractivity contribution in [2.75, 3.05) is 7.11 Å². The number of amides is 1. The van der Waals surface area contributed by atoms with Crippen LogP contribution in [0.1, 0.15) is 22.9 Å². The molecule has 1 aromatic heterocycles. The first-order valence-corrected chi connectivity index (χ1v) is 10.1. The lowest BCUT2D eigenvalue weighted by atomic mass is 9.95. The van der Waals surface area contributed by atoms with E-state index in [4.69, 9.17) is 9.15 Å². The van der Waals surface area contributed by atoms with Crippen molar-refractivity contribution in [3.05, 3.63) is 93.6 Å². The van der Waals surface area contributed by atoms with Crippen LogP contribution in [0, 0.1) is 5.82 Å². The van der Waals surface area contributed by atoms with Gasteiger partial charge in [0, 0.05) is 10.0 Å². The zero-order chi connectivity index (χ0) is 22.1. The Labute approximate surface area is 185 Å². The second kappa shape index (κ2) is 8.39. The quantitative estimate of drug-likeness (QED) is 0.318. The van der Waals surface area contributed by atoms with Crippen molar-refractivity contribution in [1.82, 2.24) is 4.90 Å². The Balaban J connectivity index is 1.87. The zero-order valence-corrected chi connectivity index (χ0v) is 17.9. The van der Waals surface area contributed by atoms with Crippen molar-refractivity contribution in [2.24, 2.45) is 0 Å². The molecule has 1 saturated heterocycles. The lowest BCUT2D eigenvalue weighted by Crippen LogP contribution is -2.29. The molecular weight excluding hydrogens is 469 g/mol. The van der Waals surface area contributed by atoms with Crippen LogP contribution in [-0.4, -0.2) is 28.8 Å². The van der Waals surface area contributed by atoms with Crippen LogP contribution in [0.4, 0.5) is 4.39 Å². The van der Waals surface area contributed by atoms with Crippen molar-refractivity contribution in [3.8, 4) is 5.75 Å². The lowest BCUT2D eigenvalue weighted by Gasteiger charge is -2.24. The molecule has 6 nitrogen and oxygen atoms in total. The summed E-state index contributed by atoms with van der Waals surface area (Å²) in [5.41, 5.74) is 0.546. The molecule has 1 unspecified atom stereocenters. The maximum absolute atomic E-state index is 14.2. The summed E-state index contributed by atoms with van der Waals surface area (Å²) in [6.07, 6.45) is 1.47. The SMILES string of the molecule is COc1ccc(/C(O)=C2\C(=O)C(=O)N(Cc3ccco3)C2c2cccc(Br)c2)cc1F. The van der Waals surface area contributed by atoms with Crippen LogP contribution in [0.15, 0.2) is 75.3 Å². The molecule has 1 amide bonds. The van der Waals surface area contributed by atoms with Crippen LogP contribution in [0.5, 0.6) is 5.75 Å². The number of aliphatic hydroxyl groups excluding tert-OH is 1. The van der Waals surface area contributed by atoms with Gasteiger partial charge in [0.15, 0.2) is 11.6 Å². The van der Waals surface area contributed by atoms with Crippen LogP contribution in [0.2, 0.25) is 0 Å². The fraction of sp³-hybridized carbons (Fsp3) is 0.130. The van der Waals surface area contributed by atoms with Crippen LogP contribution in [-0.2, 0) is 16.1 Å². The third kappa shape index (κ3) is 3.86. The molecule has 8 heteroatoms. The van der Waals surface area contributed by atoms with Gasteiger partial charge in [-0.05, 0) is 48.0 Å². The Morgan fingerprint density at radius 2 is 2.00 bits per heavy atom. The number of hydrogen-bond acceptors (Lipinski definition) is 5. The van der Waals surface area contributed by atoms with Gasteiger partial charge in [-0.25, -0.2) is 4.39 Å². The highest BCUT2D eigenvalue weighted by Crippen LogP contribution is 2.41. The van der Waals surface area contributed by atoms with Gasteiger partial charge in [0.1, 0.15) is 11.5 Å². The van der Waals surface area contributed by atoms with Crippen molar-refractivity contribution >= 4 is 33.4 Å². The summed E-state index contributed by atoms with van der Waals surface area (Å²) in [7, 11) is 1.32. The molecule has 0 saturated carbocycles. The van der Waals surface area contributed by atoms with E-state index in [-0.39, 0.29) is 23.4 Å². The third-order valence-electron chi connectivity index (χ3n) is 5.04. The zero-order valence-electron chi connectivity index (χ0n) is 16.3. The van der Waals surface area contributed by atoms with Crippen molar-refractivity contribution in [3.63, 3.8) is 0 Å². The van der Waals surface area contributed by atoms with E-state index in [2.05, 4.69) is 15.9 Å². The summed E-state index contributed by atoms with van der Waals surface area (Å²) < 4.78 is 25.2. The van der Waals surface area contributed by atoms with Gasteiger partial charge < -0.3 is 19.2 Å². The Morgan fingerprint density at radius 3 is 2.65 bits per heavy atom. The Hall–Kier alpha value is -3.39. The van der Waals surface area contributed by atoms with Crippen molar-refractivity contribution < 1.29 is 28.2 Å². The van der Waals surface area contributed by atoms with E-state index in [0.717, 1.165) is 10.5 Å². The number of carbonyl (C=O) groups excluding carboxylic acids is 2. The molecule has 1 atom stereocenters. The fourth-order valence-corrected chi connectivity index (χ4v) is 4.02. The van der Waals surface area contributed by atoms with Gasteiger partial charge in [-0.15, -0.1) is 0 Å². The molecular formula is C23H17BrFNO5. The number of aliphatic hydroxyl groups is 1. The van der Waals surface area contributed by atoms with E-state index in [9.17, 15) is 19.1 Å². The predicted octanol–water partition coefficient (Wildman–Crippen LogP) is 4.81. The second-order valence-corrected chi connectivity index (χ2v) is 7.83. The highest BCUT2D eigenvalue weighted by Gasteiger charge is 2.46. The average molecular weight is 486 g/mol. The molecule has 0 bridgehead atoms. The number of Topliss-reactive ketones (excluding diaryl/α,β-unsaturated/α-hetero) is 1. The van der Waals surface area contributed by atoms with Crippen LogP contribution >= 0.6 is 15.9 Å². The molecule has 158 valence electrons. The molecule has 31 heavy (non-hydrogen) atoms. The van der Waals surface area contributed by atoms with Gasteiger partial charge in [-0.1, -0.05) is 28.1 Å². The van der Waals surface area contributed by atoms with Crippen LogP contribution in [0.25, 0.3) is 5.76 Å². The maximum Gasteiger partial charge on any atom is 0.296 e. The van der Waals surface area contributed by atoms with E-state index in [1.54, 1.807) is 36.4 Å². The maximum atomic E-state index is 14.2. The van der Waals surface area contributed by atoms with E-state index >= 15 is 0 Å². The van der Waals surface area contributed by atoms with E-state index in [0.29, 0.717) is 11.3 Å². The number of ether oxygens (including phenoxy) is 1. The number of likely N-dealkylation sites (tertiary alicyclic amines) is 1. The minimum absolute atomic E-state index is 0.00152. The smallest absolute Gasteiger partial charge is 0.296 e. The highest BCUT2D eigenvalue weighted by atomic mass is 79.9. The predicted molar refractivity (Wildman–Crippen MR) is 114 cm³/mol. The summed E-state index contributed by atoms with van der Waals surface area (Å²) in [5, 5.41) is 11.0. The monoisotopic (exact) mass is 485 g/mol. The van der Waals surface area contributed by atoms with E-state index in [1.165, 1.54) is 30.4 Å². The summed E-state index contributed by atoms with van der Waals surface area (Å²) in [6.45, 7) is 0.0303. The molecule has 1 aliphatic heterocycles. The van der Waals surface area contributed by atoms with Gasteiger partial charge in [-0.3, -0.25) is 9.59 Å². The minimum atomic E-state index is -0.882. The number of rotatable bonds is 5. The molecule has 1 fully saturated rings.